The van der Waals surface area contributed by atoms with E-state index in [2.05, 4.69) is 38.1 Å². The van der Waals surface area contributed by atoms with E-state index in [1.54, 1.807) is 6.20 Å². The molecular formula is C11H17BrClN3O. The number of halogens is 2. The molecule has 0 bridgehead atoms. The average molecular weight is 323 g/mol. The van der Waals surface area contributed by atoms with Crippen LogP contribution in [0.15, 0.2) is 10.7 Å². The SMILES string of the molecule is CCCC(CCO)CNc1nc(Cl)ncc1Br. The van der Waals surface area contributed by atoms with E-state index in [1.165, 1.54) is 0 Å². The van der Waals surface area contributed by atoms with Gasteiger partial charge in [0.05, 0.1) is 4.47 Å². The van der Waals surface area contributed by atoms with Crippen molar-refractivity contribution in [2.75, 3.05) is 18.5 Å². The highest BCUT2D eigenvalue weighted by molar-refractivity contribution is 9.10. The summed E-state index contributed by atoms with van der Waals surface area (Å²) in [5.41, 5.74) is 0. The van der Waals surface area contributed by atoms with Crippen LogP contribution in [0.3, 0.4) is 0 Å². The Morgan fingerprint density at radius 2 is 2.29 bits per heavy atom. The highest BCUT2D eigenvalue weighted by Gasteiger charge is 2.09. The van der Waals surface area contributed by atoms with Crippen LogP contribution in [0.25, 0.3) is 0 Å². The van der Waals surface area contributed by atoms with Crippen molar-refractivity contribution in [3.63, 3.8) is 0 Å². The fourth-order valence-electron chi connectivity index (χ4n) is 1.65. The summed E-state index contributed by atoms with van der Waals surface area (Å²) in [5.74, 6) is 1.15. The molecule has 0 aliphatic rings. The summed E-state index contributed by atoms with van der Waals surface area (Å²) in [7, 11) is 0. The standard InChI is InChI=1S/C11H17BrClN3O/c1-2-3-8(4-5-17)6-14-10-9(12)7-15-11(13)16-10/h7-8,17H,2-6H2,1H3,(H,14,15,16). The number of nitrogens with one attached hydrogen (secondary N) is 1. The highest BCUT2D eigenvalue weighted by Crippen LogP contribution is 2.21. The maximum absolute atomic E-state index is 8.98. The molecule has 1 aromatic rings. The maximum atomic E-state index is 8.98. The zero-order chi connectivity index (χ0) is 12.7. The molecule has 1 heterocycles. The van der Waals surface area contributed by atoms with Crippen LogP contribution in [0.2, 0.25) is 5.28 Å². The van der Waals surface area contributed by atoms with E-state index in [9.17, 15) is 0 Å². The molecule has 0 saturated carbocycles. The van der Waals surface area contributed by atoms with Crippen LogP contribution >= 0.6 is 27.5 Å². The van der Waals surface area contributed by atoms with Gasteiger partial charge >= 0.3 is 0 Å². The van der Waals surface area contributed by atoms with Gasteiger partial charge in [-0.2, -0.15) is 4.98 Å². The third-order valence-electron chi connectivity index (χ3n) is 2.51. The van der Waals surface area contributed by atoms with E-state index >= 15 is 0 Å². The van der Waals surface area contributed by atoms with Gasteiger partial charge in [-0.15, -0.1) is 0 Å². The van der Waals surface area contributed by atoms with E-state index in [0.29, 0.717) is 11.7 Å². The van der Waals surface area contributed by atoms with E-state index in [4.69, 9.17) is 16.7 Å². The summed E-state index contributed by atoms with van der Waals surface area (Å²) in [5, 5.41) is 12.4. The molecule has 0 saturated heterocycles. The Hall–Kier alpha value is -0.390. The van der Waals surface area contributed by atoms with Gasteiger partial charge in [0.1, 0.15) is 5.82 Å². The lowest BCUT2D eigenvalue weighted by atomic mass is 10.0. The lowest BCUT2D eigenvalue weighted by molar-refractivity contribution is 0.255. The second-order valence-electron chi connectivity index (χ2n) is 3.88. The minimum Gasteiger partial charge on any atom is -0.396 e. The second-order valence-corrected chi connectivity index (χ2v) is 5.08. The van der Waals surface area contributed by atoms with Crippen LogP contribution in [0.4, 0.5) is 5.82 Å². The van der Waals surface area contributed by atoms with Gasteiger partial charge in [-0.3, -0.25) is 0 Å². The normalized spacial score (nSPS) is 12.5. The first-order chi connectivity index (χ1) is 8.17. The van der Waals surface area contributed by atoms with Gasteiger partial charge in [0.15, 0.2) is 0 Å². The number of hydrogen-bond donors (Lipinski definition) is 2. The summed E-state index contributed by atoms with van der Waals surface area (Å²) < 4.78 is 0.793. The Bertz CT molecular complexity index is 345. The first kappa shape index (κ1) is 14.7. The van der Waals surface area contributed by atoms with Gasteiger partial charge in [-0.25, -0.2) is 4.98 Å². The van der Waals surface area contributed by atoms with E-state index < -0.39 is 0 Å². The Labute approximate surface area is 115 Å². The topological polar surface area (TPSA) is 58.0 Å². The van der Waals surface area contributed by atoms with Crippen molar-refractivity contribution in [1.29, 1.82) is 0 Å². The minimum atomic E-state index is 0.220. The number of aliphatic hydroxyl groups is 1. The number of nitrogens with zero attached hydrogens (tertiary/aromatic N) is 2. The predicted octanol–water partition coefficient (Wildman–Crippen LogP) is 3.10. The van der Waals surface area contributed by atoms with E-state index in [1.807, 2.05) is 0 Å². The molecule has 1 aromatic heterocycles. The van der Waals surface area contributed by atoms with Crippen molar-refractivity contribution in [2.45, 2.75) is 26.2 Å². The fourth-order valence-corrected chi connectivity index (χ4v) is 2.11. The molecule has 96 valence electrons. The van der Waals surface area contributed by atoms with Gasteiger partial charge < -0.3 is 10.4 Å². The van der Waals surface area contributed by atoms with Crippen LogP contribution in [-0.2, 0) is 0 Å². The highest BCUT2D eigenvalue weighted by atomic mass is 79.9. The summed E-state index contributed by atoms with van der Waals surface area (Å²) in [6.07, 6.45) is 4.62. The smallest absolute Gasteiger partial charge is 0.224 e. The van der Waals surface area contributed by atoms with Gasteiger partial charge in [-0.1, -0.05) is 13.3 Å². The van der Waals surface area contributed by atoms with E-state index in [-0.39, 0.29) is 11.9 Å². The van der Waals surface area contributed by atoms with Crippen LogP contribution in [0.1, 0.15) is 26.2 Å². The van der Waals surface area contributed by atoms with Crippen molar-refractivity contribution >= 4 is 33.3 Å². The number of anilines is 1. The number of aromatic nitrogens is 2. The molecule has 2 N–H and O–H groups in total. The van der Waals surface area contributed by atoms with Gasteiger partial charge in [0.2, 0.25) is 5.28 Å². The third-order valence-corrected chi connectivity index (χ3v) is 3.27. The first-order valence-electron chi connectivity index (χ1n) is 5.70. The van der Waals surface area contributed by atoms with Crippen molar-refractivity contribution in [1.82, 2.24) is 9.97 Å². The van der Waals surface area contributed by atoms with E-state index in [0.717, 1.165) is 30.3 Å². The largest absolute Gasteiger partial charge is 0.396 e. The Kier molecular flexibility index (Phi) is 6.77. The molecule has 1 atom stereocenters. The zero-order valence-corrected chi connectivity index (χ0v) is 12.1. The van der Waals surface area contributed by atoms with Crippen molar-refractivity contribution in [3.05, 3.63) is 16.0 Å². The molecule has 17 heavy (non-hydrogen) atoms. The maximum Gasteiger partial charge on any atom is 0.224 e. The van der Waals surface area contributed by atoms with Gasteiger partial charge in [0.25, 0.3) is 0 Å². The van der Waals surface area contributed by atoms with Gasteiger partial charge in [0, 0.05) is 19.3 Å². The van der Waals surface area contributed by atoms with Crippen molar-refractivity contribution in [2.24, 2.45) is 5.92 Å². The summed E-state index contributed by atoms with van der Waals surface area (Å²) >= 11 is 9.09. The van der Waals surface area contributed by atoms with Crippen molar-refractivity contribution in [3.8, 4) is 0 Å². The predicted molar refractivity (Wildman–Crippen MR) is 73.3 cm³/mol. The van der Waals surface area contributed by atoms with Crippen LogP contribution in [0.5, 0.6) is 0 Å². The molecule has 4 nitrogen and oxygen atoms in total. The fraction of sp³-hybridized carbons (Fsp3) is 0.636. The molecule has 0 aliphatic heterocycles. The third kappa shape index (κ3) is 5.19. The minimum absolute atomic E-state index is 0.220. The lowest BCUT2D eigenvalue weighted by Crippen LogP contribution is -2.16. The molecule has 6 heteroatoms. The average Bonchev–Trinajstić information content (AvgIpc) is 2.30. The van der Waals surface area contributed by atoms with Crippen LogP contribution in [0, 0.1) is 5.92 Å². The quantitative estimate of drug-likeness (QED) is 0.757. The molecule has 0 radical (unpaired) electrons. The molecule has 0 spiro atoms. The number of hydrogen-bond acceptors (Lipinski definition) is 4. The number of rotatable bonds is 7. The number of aliphatic hydroxyl groups excluding tert-OH is 1. The molecule has 1 unspecified atom stereocenters. The monoisotopic (exact) mass is 321 g/mol. The van der Waals surface area contributed by atoms with Crippen LogP contribution < -0.4 is 5.32 Å². The molecule has 1 rings (SSSR count). The summed E-state index contributed by atoms with van der Waals surface area (Å²) in [6.45, 7) is 3.14. The Morgan fingerprint density at radius 1 is 1.53 bits per heavy atom. The Morgan fingerprint density at radius 3 is 2.94 bits per heavy atom. The molecule has 0 fully saturated rings. The second kappa shape index (κ2) is 7.84. The first-order valence-corrected chi connectivity index (χ1v) is 6.87. The molecule has 0 aromatic carbocycles. The molecular weight excluding hydrogens is 305 g/mol. The molecule has 0 aliphatic carbocycles. The summed E-state index contributed by atoms with van der Waals surface area (Å²) in [6, 6.07) is 0. The van der Waals surface area contributed by atoms with Crippen LogP contribution in [-0.4, -0.2) is 28.2 Å². The van der Waals surface area contributed by atoms with Crippen molar-refractivity contribution < 1.29 is 5.11 Å². The molecule has 0 amide bonds. The lowest BCUT2D eigenvalue weighted by Gasteiger charge is -2.16. The van der Waals surface area contributed by atoms with Gasteiger partial charge in [-0.05, 0) is 46.3 Å². The Balaban J connectivity index is 2.55. The summed E-state index contributed by atoms with van der Waals surface area (Å²) in [4.78, 5) is 7.97. The zero-order valence-electron chi connectivity index (χ0n) is 9.79.